The van der Waals surface area contributed by atoms with Crippen molar-refractivity contribution in [2.75, 3.05) is 16.8 Å². The molecule has 2 aliphatic rings. The van der Waals surface area contributed by atoms with Crippen LogP contribution in [0.3, 0.4) is 0 Å². The molecule has 1 N–H and O–H groups in total. The fraction of sp³-hybridized carbons (Fsp3) is 0.333. The second-order valence-electron chi connectivity index (χ2n) is 8.72. The Hall–Kier alpha value is -3.52. The van der Waals surface area contributed by atoms with Crippen LogP contribution in [0.25, 0.3) is 0 Å². The molecule has 0 bridgehead atoms. The van der Waals surface area contributed by atoms with Crippen LogP contribution in [0.2, 0.25) is 0 Å². The monoisotopic (exact) mass is 504 g/mol. The van der Waals surface area contributed by atoms with E-state index >= 15 is 0 Å². The topological polar surface area (TPSA) is 76.4 Å². The number of halogens is 4. The van der Waals surface area contributed by atoms with E-state index in [2.05, 4.69) is 5.32 Å². The maximum atomic E-state index is 14.8. The van der Waals surface area contributed by atoms with Gasteiger partial charge in [-0.2, -0.15) is 18.4 Å². The second kappa shape index (κ2) is 8.61. The van der Waals surface area contributed by atoms with Crippen molar-refractivity contribution in [3.05, 3.63) is 58.9 Å². The summed E-state index contributed by atoms with van der Waals surface area (Å²) in [6, 6.07) is 8.31. The molecular weight excluding hydrogens is 484 g/mol. The molecule has 1 aliphatic carbocycles. The van der Waals surface area contributed by atoms with Gasteiger partial charge in [-0.1, -0.05) is 6.92 Å². The van der Waals surface area contributed by atoms with Crippen molar-refractivity contribution >= 4 is 40.5 Å². The van der Waals surface area contributed by atoms with E-state index in [1.807, 2.05) is 6.92 Å². The van der Waals surface area contributed by atoms with Crippen molar-refractivity contribution in [1.29, 1.82) is 5.26 Å². The number of rotatable bonds is 3. The highest BCUT2D eigenvalue weighted by atomic mass is 32.1. The zero-order chi connectivity index (χ0) is 25.7. The summed E-state index contributed by atoms with van der Waals surface area (Å²) in [6.07, 6.45) is -3.42. The standard InChI is InChI=1S/C24H20F4N4O2S/c1-13-7-8-23(11-13)21(34)31(15-4-3-14(12-29)18(9-15)24(26,27)28)22(35)32(23)16-5-6-17(19(25)10-16)20(33)30-2/h3-6,9-10,13H,7-8,11H2,1-2H3,(H,30,33)/t13-,23?/m0/s1. The Bertz CT molecular complexity index is 1290. The molecule has 2 atom stereocenters. The summed E-state index contributed by atoms with van der Waals surface area (Å²) in [5, 5.41) is 11.3. The number of benzene rings is 2. The summed E-state index contributed by atoms with van der Waals surface area (Å²) in [5.41, 5.74) is -3.07. The Kier molecular flexibility index (Phi) is 6.05. The van der Waals surface area contributed by atoms with Crippen LogP contribution in [0.5, 0.6) is 0 Å². The largest absolute Gasteiger partial charge is 0.417 e. The number of nitrogens with zero attached hydrogens (tertiary/aromatic N) is 3. The van der Waals surface area contributed by atoms with Gasteiger partial charge < -0.3 is 10.2 Å². The number of nitriles is 1. The number of alkyl halides is 3. The molecule has 1 saturated carbocycles. The summed E-state index contributed by atoms with van der Waals surface area (Å²) in [7, 11) is 1.36. The van der Waals surface area contributed by atoms with Crippen molar-refractivity contribution in [2.24, 2.45) is 5.92 Å². The number of hydrogen-bond acceptors (Lipinski definition) is 4. The molecule has 1 spiro atoms. The van der Waals surface area contributed by atoms with Crippen LogP contribution in [-0.2, 0) is 11.0 Å². The van der Waals surface area contributed by atoms with Crippen molar-refractivity contribution in [1.82, 2.24) is 5.32 Å². The Morgan fingerprint density at radius 1 is 1.23 bits per heavy atom. The van der Waals surface area contributed by atoms with E-state index in [9.17, 15) is 27.2 Å². The number of hydrogen-bond donors (Lipinski definition) is 1. The summed E-state index contributed by atoms with van der Waals surface area (Å²) in [4.78, 5) is 28.2. The summed E-state index contributed by atoms with van der Waals surface area (Å²) in [6.45, 7) is 1.95. The smallest absolute Gasteiger partial charge is 0.355 e. The van der Waals surface area contributed by atoms with E-state index in [-0.39, 0.29) is 28.0 Å². The van der Waals surface area contributed by atoms with Crippen LogP contribution in [0.4, 0.5) is 28.9 Å². The number of carbonyl (C=O) groups excluding carboxylic acids is 2. The summed E-state index contributed by atoms with van der Waals surface area (Å²) < 4.78 is 55.6. The van der Waals surface area contributed by atoms with Gasteiger partial charge in [0.25, 0.3) is 11.8 Å². The van der Waals surface area contributed by atoms with E-state index in [0.29, 0.717) is 19.3 Å². The highest BCUT2D eigenvalue weighted by molar-refractivity contribution is 7.81. The van der Waals surface area contributed by atoms with Crippen LogP contribution in [-0.4, -0.2) is 29.5 Å². The van der Waals surface area contributed by atoms with E-state index in [0.717, 1.165) is 23.1 Å². The average molecular weight is 505 g/mol. The van der Waals surface area contributed by atoms with Crippen LogP contribution in [0.15, 0.2) is 36.4 Å². The molecule has 6 nitrogen and oxygen atoms in total. The Morgan fingerprint density at radius 3 is 2.46 bits per heavy atom. The van der Waals surface area contributed by atoms with Crippen LogP contribution in [0, 0.1) is 23.1 Å². The second-order valence-corrected chi connectivity index (χ2v) is 9.09. The molecule has 1 heterocycles. The van der Waals surface area contributed by atoms with Gasteiger partial charge >= 0.3 is 6.18 Å². The lowest BCUT2D eigenvalue weighted by Crippen LogP contribution is -2.48. The lowest BCUT2D eigenvalue weighted by Gasteiger charge is -2.33. The molecule has 0 radical (unpaired) electrons. The third kappa shape index (κ3) is 3.91. The highest BCUT2D eigenvalue weighted by Crippen LogP contribution is 2.48. The molecule has 2 aromatic rings. The molecule has 1 aliphatic heterocycles. The minimum atomic E-state index is -4.82. The van der Waals surface area contributed by atoms with Crippen molar-refractivity contribution in [3.63, 3.8) is 0 Å². The van der Waals surface area contributed by atoms with Gasteiger partial charge in [0.2, 0.25) is 0 Å². The quantitative estimate of drug-likeness (QED) is 0.481. The minimum absolute atomic E-state index is 0.103. The first kappa shape index (κ1) is 24.6. The Balaban J connectivity index is 1.85. The normalized spacial score (nSPS) is 22.1. The molecule has 2 amide bonds. The molecule has 2 aromatic carbocycles. The first-order valence-electron chi connectivity index (χ1n) is 10.8. The molecular formula is C24H20F4N4O2S. The number of carbonyl (C=O) groups is 2. The summed E-state index contributed by atoms with van der Waals surface area (Å²) >= 11 is 5.58. The highest BCUT2D eigenvalue weighted by Gasteiger charge is 2.59. The van der Waals surface area contributed by atoms with Crippen molar-refractivity contribution in [2.45, 2.75) is 37.9 Å². The molecule has 11 heteroatoms. The average Bonchev–Trinajstić information content (AvgIpc) is 3.29. The molecule has 35 heavy (non-hydrogen) atoms. The predicted octanol–water partition coefficient (Wildman–Crippen LogP) is 4.77. The van der Waals surface area contributed by atoms with Gasteiger partial charge in [0.1, 0.15) is 11.4 Å². The van der Waals surface area contributed by atoms with Gasteiger partial charge in [0, 0.05) is 12.7 Å². The van der Waals surface area contributed by atoms with Gasteiger partial charge in [0.05, 0.1) is 28.4 Å². The lowest BCUT2D eigenvalue weighted by atomic mass is 9.93. The lowest BCUT2D eigenvalue weighted by molar-refractivity contribution is -0.137. The third-order valence-electron chi connectivity index (χ3n) is 6.52. The maximum absolute atomic E-state index is 14.8. The van der Waals surface area contributed by atoms with Crippen LogP contribution >= 0.6 is 12.2 Å². The third-order valence-corrected chi connectivity index (χ3v) is 6.88. The van der Waals surface area contributed by atoms with E-state index < -0.39 is 40.5 Å². The predicted molar refractivity (Wildman–Crippen MR) is 124 cm³/mol. The van der Waals surface area contributed by atoms with E-state index in [1.165, 1.54) is 36.2 Å². The molecule has 182 valence electrons. The molecule has 1 saturated heterocycles. The molecule has 2 fully saturated rings. The zero-order valence-corrected chi connectivity index (χ0v) is 19.6. The van der Waals surface area contributed by atoms with Gasteiger partial charge in [-0.15, -0.1) is 0 Å². The van der Waals surface area contributed by atoms with Crippen LogP contribution in [0.1, 0.15) is 47.7 Å². The molecule has 0 aromatic heterocycles. The van der Waals surface area contributed by atoms with Gasteiger partial charge in [-0.05, 0) is 73.8 Å². The number of nitrogens with one attached hydrogen (secondary N) is 1. The Morgan fingerprint density at radius 2 is 1.91 bits per heavy atom. The fourth-order valence-electron chi connectivity index (χ4n) is 4.89. The number of anilines is 2. The number of amides is 2. The van der Waals surface area contributed by atoms with E-state index in [1.54, 1.807) is 0 Å². The van der Waals surface area contributed by atoms with Crippen molar-refractivity contribution in [3.8, 4) is 6.07 Å². The fourth-order valence-corrected chi connectivity index (χ4v) is 5.36. The SMILES string of the molecule is CNC(=O)c1ccc(N2C(=S)N(c3ccc(C#N)c(C(F)(F)F)c3)C(=O)C23CC[C@H](C)C3)cc1F. The maximum Gasteiger partial charge on any atom is 0.417 e. The van der Waals surface area contributed by atoms with Gasteiger partial charge in [-0.3, -0.25) is 14.5 Å². The first-order chi connectivity index (χ1) is 16.4. The molecule has 4 rings (SSSR count). The van der Waals surface area contributed by atoms with Gasteiger partial charge in [0.15, 0.2) is 5.11 Å². The van der Waals surface area contributed by atoms with Crippen molar-refractivity contribution < 1.29 is 27.2 Å². The number of thiocarbonyl (C=S) groups is 1. The van der Waals surface area contributed by atoms with Crippen LogP contribution < -0.4 is 15.1 Å². The summed E-state index contributed by atoms with van der Waals surface area (Å²) in [5.74, 6) is -1.85. The first-order valence-corrected chi connectivity index (χ1v) is 11.2. The zero-order valence-electron chi connectivity index (χ0n) is 18.7. The van der Waals surface area contributed by atoms with Gasteiger partial charge in [-0.25, -0.2) is 4.39 Å². The Labute approximate surface area is 204 Å². The molecule has 1 unspecified atom stereocenters. The minimum Gasteiger partial charge on any atom is -0.355 e. The van der Waals surface area contributed by atoms with E-state index in [4.69, 9.17) is 17.5 Å².